The number of nitro benzene ring substituents is 1. The number of nitrogens with one attached hydrogen (secondary N) is 2. The minimum atomic E-state index is -0.450. The number of carbonyl (C=O) groups is 2. The average molecular weight is 365 g/mol. The summed E-state index contributed by atoms with van der Waals surface area (Å²) in [6.07, 6.45) is 1.12. The molecule has 2 fully saturated rings. The van der Waals surface area contributed by atoms with E-state index in [9.17, 15) is 19.7 Å². The summed E-state index contributed by atoms with van der Waals surface area (Å²) in [4.78, 5) is 37.8. The van der Waals surface area contributed by atoms with Gasteiger partial charge in [0, 0.05) is 26.2 Å². The van der Waals surface area contributed by atoms with E-state index < -0.39 is 17.0 Å². The lowest BCUT2D eigenvalue weighted by molar-refractivity contribution is -0.384. The van der Waals surface area contributed by atoms with Gasteiger partial charge >= 0.3 is 6.03 Å². The van der Waals surface area contributed by atoms with E-state index in [1.807, 2.05) is 6.26 Å². The lowest BCUT2D eigenvalue weighted by Crippen LogP contribution is -2.72. The summed E-state index contributed by atoms with van der Waals surface area (Å²) in [6.45, 7) is 0. The van der Waals surface area contributed by atoms with Gasteiger partial charge in [-0.05, 0) is 24.0 Å². The van der Waals surface area contributed by atoms with Crippen molar-refractivity contribution in [2.45, 2.75) is 17.7 Å². The molecule has 9 nitrogen and oxygen atoms in total. The molecule has 25 heavy (non-hydrogen) atoms. The number of nitrogens with zero attached hydrogens (tertiary/aromatic N) is 3. The van der Waals surface area contributed by atoms with Gasteiger partial charge in [-0.3, -0.25) is 30.4 Å². The largest absolute Gasteiger partial charge is 0.327 e. The molecule has 2 N–H and O–H groups in total. The van der Waals surface area contributed by atoms with Gasteiger partial charge in [0.25, 0.3) is 5.69 Å². The van der Waals surface area contributed by atoms with E-state index in [1.54, 1.807) is 19.2 Å². The van der Waals surface area contributed by atoms with Gasteiger partial charge in [-0.1, -0.05) is 0 Å². The van der Waals surface area contributed by atoms with Crippen LogP contribution in [0.4, 0.5) is 10.5 Å². The van der Waals surface area contributed by atoms with Crippen molar-refractivity contribution in [1.82, 2.24) is 20.4 Å². The molecule has 0 aliphatic carbocycles. The molecule has 0 saturated carbocycles. The first-order chi connectivity index (χ1) is 11.8. The zero-order valence-corrected chi connectivity index (χ0v) is 14.8. The number of urea groups is 1. The zero-order valence-electron chi connectivity index (χ0n) is 14.0. The van der Waals surface area contributed by atoms with Crippen LogP contribution >= 0.6 is 11.8 Å². The molecule has 0 aromatic heterocycles. The number of hydrogen-bond donors (Lipinski definition) is 2. The third kappa shape index (κ3) is 2.96. The number of rotatable bonds is 3. The predicted octanol–water partition coefficient (Wildman–Crippen LogP) is 0.941. The van der Waals surface area contributed by atoms with Gasteiger partial charge in [0.1, 0.15) is 0 Å². The van der Waals surface area contributed by atoms with Crippen LogP contribution in [0.15, 0.2) is 24.3 Å². The normalized spacial score (nSPS) is 29.6. The highest BCUT2D eigenvalue weighted by atomic mass is 32.2. The Hall–Kier alpha value is -2.17. The van der Waals surface area contributed by atoms with Crippen molar-refractivity contribution in [3.05, 3.63) is 39.9 Å². The van der Waals surface area contributed by atoms with Gasteiger partial charge in [-0.25, -0.2) is 4.79 Å². The second kappa shape index (κ2) is 6.62. The van der Waals surface area contributed by atoms with Gasteiger partial charge < -0.3 is 4.90 Å². The summed E-state index contributed by atoms with van der Waals surface area (Å²) in [5, 5.41) is 17.2. The van der Waals surface area contributed by atoms with Gasteiger partial charge in [-0.15, -0.1) is 11.8 Å². The first-order valence-corrected chi connectivity index (χ1v) is 8.97. The molecule has 2 heterocycles. The smallest absolute Gasteiger partial charge is 0.311 e. The maximum absolute atomic E-state index is 12.6. The van der Waals surface area contributed by atoms with Crippen molar-refractivity contribution in [3.63, 3.8) is 0 Å². The maximum Gasteiger partial charge on any atom is 0.327 e. The van der Waals surface area contributed by atoms with E-state index in [4.69, 9.17) is 0 Å². The van der Waals surface area contributed by atoms with Crippen molar-refractivity contribution in [2.24, 2.45) is 5.92 Å². The van der Waals surface area contributed by atoms with Crippen molar-refractivity contribution >= 4 is 29.4 Å². The van der Waals surface area contributed by atoms with Crippen LogP contribution in [-0.2, 0) is 4.79 Å². The third-order valence-corrected chi connectivity index (χ3v) is 5.58. The monoisotopic (exact) mass is 365 g/mol. The first-order valence-electron chi connectivity index (χ1n) is 7.68. The van der Waals surface area contributed by atoms with Crippen LogP contribution in [0.3, 0.4) is 0 Å². The summed E-state index contributed by atoms with van der Waals surface area (Å²) in [6, 6.07) is 5.85. The molecule has 10 heteroatoms. The van der Waals surface area contributed by atoms with Crippen molar-refractivity contribution in [1.29, 1.82) is 0 Å². The number of hydrogen-bond acceptors (Lipinski definition) is 7. The van der Waals surface area contributed by atoms with Gasteiger partial charge in [0.2, 0.25) is 5.91 Å². The van der Waals surface area contributed by atoms with E-state index in [0.29, 0.717) is 0 Å². The minimum Gasteiger partial charge on any atom is -0.311 e. The lowest BCUT2D eigenvalue weighted by atomic mass is 9.96. The Morgan fingerprint density at radius 3 is 2.36 bits per heavy atom. The predicted molar refractivity (Wildman–Crippen MR) is 92.6 cm³/mol. The van der Waals surface area contributed by atoms with Crippen LogP contribution in [-0.4, -0.2) is 58.6 Å². The van der Waals surface area contributed by atoms with E-state index in [0.717, 1.165) is 10.5 Å². The molecular formula is C15H19N5O4S. The number of thioether (sulfide) groups is 1. The Balaban J connectivity index is 1.89. The van der Waals surface area contributed by atoms with E-state index in [1.165, 1.54) is 35.8 Å². The Morgan fingerprint density at radius 1 is 1.16 bits per heavy atom. The second-order valence-corrected chi connectivity index (χ2v) is 7.01. The van der Waals surface area contributed by atoms with Crippen molar-refractivity contribution < 1.29 is 14.5 Å². The van der Waals surface area contributed by atoms with Crippen LogP contribution in [0.1, 0.15) is 11.7 Å². The van der Waals surface area contributed by atoms with Crippen LogP contribution in [0.25, 0.3) is 0 Å². The Bertz CT molecular complexity index is 712. The highest BCUT2D eigenvalue weighted by molar-refractivity contribution is 7.99. The highest BCUT2D eigenvalue weighted by Crippen LogP contribution is 2.33. The lowest BCUT2D eigenvalue weighted by Gasteiger charge is -2.50. The molecule has 0 radical (unpaired) electrons. The molecular weight excluding hydrogens is 346 g/mol. The number of nitro groups is 1. The van der Waals surface area contributed by atoms with E-state index >= 15 is 0 Å². The minimum absolute atomic E-state index is 0.0145. The molecule has 2 aliphatic heterocycles. The molecule has 134 valence electrons. The Labute approximate surface area is 148 Å². The number of carbonyl (C=O) groups excluding carboxylic acids is 2. The maximum atomic E-state index is 12.6. The van der Waals surface area contributed by atoms with Crippen molar-refractivity contribution in [3.8, 4) is 0 Å². The Kier molecular flexibility index (Phi) is 4.67. The average Bonchev–Trinajstić information content (AvgIpc) is 2.63. The molecule has 0 bridgehead atoms. The summed E-state index contributed by atoms with van der Waals surface area (Å²) in [7, 11) is 3.14. The van der Waals surface area contributed by atoms with Gasteiger partial charge in [0.15, 0.2) is 0 Å². The molecule has 4 unspecified atom stereocenters. The van der Waals surface area contributed by atoms with Crippen LogP contribution in [0.2, 0.25) is 0 Å². The van der Waals surface area contributed by atoms with Gasteiger partial charge in [0.05, 0.1) is 28.5 Å². The van der Waals surface area contributed by atoms with Crippen LogP contribution in [0.5, 0.6) is 0 Å². The van der Waals surface area contributed by atoms with E-state index in [-0.39, 0.29) is 29.2 Å². The fourth-order valence-electron chi connectivity index (χ4n) is 3.24. The molecule has 4 atom stereocenters. The molecule has 2 saturated heterocycles. The number of non-ortho nitro benzene ring substituents is 1. The summed E-state index contributed by atoms with van der Waals surface area (Å²) < 4.78 is 0. The SMILES string of the molecule is CSC1NC(c2ccc([N+](=O)[O-])cc2)NC2C1C(=O)N(C)C(=O)N2C. The van der Waals surface area contributed by atoms with Gasteiger partial charge in [-0.2, -0.15) is 0 Å². The van der Waals surface area contributed by atoms with Crippen LogP contribution < -0.4 is 10.6 Å². The summed E-state index contributed by atoms with van der Waals surface area (Å²) in [5.74, 6) is -0.647. The first kappa shape index (κ1) is 17.6. The molecule has 3 rings (SSSR count). The molecule has 1 aromatic carbocycles. The summed E-state index contributed by atoms with van der Waals surface area (Å²) >= 11 is 1.50. The molecule has 1 aromatic rings. The number of benzene rings is 1. The summed E-state index contributed by atoms with van der Waals surface area (Å²) in [5.41, 5.74) is 0.816. The standard InChI is InChI=1S/C15H19N5O4S/c1-18-12-10(14(21)19(2)15(18)22)13(25-3)17-11(16-12)8-4-6-9(7-5-8)20(23)24/h4-7,10-13,16-17H,1-3H3. The number of fused-ring (bicyclic) bond motifs is 1. The molecule has 0 spiro atoms. The Morgan fingerprint density at radius 2 is 1.80 bits per heavy atom. The van der Waals surface area contributed by atoms with E-state index in [2.05, 4.69) is 10.6 Å². The second-order valence-electron chi connectivity index (χ2n) is 6.03. The highest BCUT2D eigenvalue weighted by Gasteiger charge is 2.50. The number of imide groups is 1. The molecule has 2 aliphatic rings. The molecule has 3 amide bonds. The van der Waals surface area contributed by atoms with Crippen LogP contribution in [0, 0.1) is 16.0 Å². The fourth-order valence-corrected chi connectivity index (χ4v) is 4.07. The fraction of sp³-hybridized carbons (Fsp3) is 0.467. The van der Waals surface area contributed by atoms with Crippen molar-refractivity contribution in [2.75, 3.05) is 20.4 Å². The zero-order chi connectivity index (χ0) is 18.3. The quantitative estimate of drug-likeness (QED) is 0.606. The number of amides is 3. The topological polar surface area (TPSA) is 108 Å². The third-order valence-electron chi connectivity index (χ3n) is 4.65.